The summed E-state index contributed by atoms with van der Waals surface area (Å²) in [6.07, 6.45) is -3.60. The molecule has 1 heterocycles. The highest BCUT2D eigenvalue weighted by Crippen LogP contribution is 2.30. The molecule has 0 fully saturated rings. The van der Waals surface area contributed by atoms with Gasteiger partial charge < -0.3 is 10.4 Å². The van der Waals surface area contributed by atoms with Gasteiger partial charge in [-0.3, -0.25) is 9.48 Å². The summed E-state index contributed by atoms with van der Waals surface area (Å²) in [6.45, 7) is 1.61. The molecule has 0 amide bonds. The van der Waals surface area contributed by atoms with Crippen LogP contribution in [-0.4, -0.2) is 40.7 Å². The van der Waals surface area contributed by atoms with Crippen LogP contribution in [0, 0.1) is 0 Å². The van der Waals surface area contributed by atoms with Crippen molar-refractivity contribution in [3.05, 3.63) is 46.8 Å². The summed E-state index contributed by atoms with van der Waals surface area (Å²) in [5.41, 5.74) is 0.846. The molecule has 0 atom stereocenters. The molecule has 1 aromatic carbocycles. The number of aliphatic hydroxyl groups is 1. The van der Waals surface area contributed by atoms with E-state index >= 15 is 0 Å². The van der Waals surface area contributed by atoms with Gasteiger partial charge in [0, 0.05) is 13.5 Å². The van der Waals surface area contributed by atoms with Gasteiger partial charge in [-0.2, -0.15) is 18.3 Å². The summed E-state index contributed by atoms with van der Waals surface area (Å²) in [5, 5.41) is 16.3. The van der Waals surface area contributed by atoms with E-state index in [9.17, 15) is 18.0 Å². The lowest BCUT2D eigenvalue weighted by Gasteiger charge is -2.07. The number of aliphatic imine (C=N–C) groups is 1. The van der Waals surface area contributed by atoms with Crippen molar-refractivity contribution in [1.82, 2.24) is 15.1 Å². The fourth-order valence-corrected chi connectivity index (χ4v) is 2.37. The third-order valence-corrected chi connectivity index (χ3v) is 3.75. The monoisotopic (exact) mass is 368 g/mol. The number of nitrogens with zero attached hydrogens (tertiary/aromatic N) is 3. The molecule has 0 saturated carbocycles. The average molecular weight is 368 g/mol. The average Bonchev–Trinajstić information content (AvgIpc) is 2.91. The van der Waals surface area contributed by atoms with E-state index in [2.05, 4.69) is 15.4 Å². The molecule has 2 aromatic rings. The predicted molar refractivity (Wildman–Crippen MR) is 90.8 cm³/mol. The fraction of sp³-hybridized carbons (Fsp3) is 0.353. The van der Waals surface area contributed by atoms with E-state index < -0.39 is 11.7 Å². The quantitative estimate of drug-likeness (QED) is 0.467. The molecule has 0 saturated heterocycles. The van der Waals surface area contributed by atoms with Gasteiger partial charge in [0.2, 0.25) is 0 Å². The maximum atomic E-state index is 12.7. The molecule has 9 heteroatoms. The summed E-state index contributed by atoms with van der Waals surface area (Å²) in [6, 6.07) is 4.74. The maximum absolute atomic E-state index is 12.7. The van der Waals surface area contributed by atoms with Crippen LogP contribution in [0.4, 0.5) is 18.9 Å². The minimum atomic E-state index is -4.40. The van der Waals surface area contributed by atoms with Gasteiger partial charge in [-0.1, -0.05) is 12.1 Å². The van der Waals surface area contributed by atoms with Crippen LogP contribution in [0.2, 0.25) is 0 Å². The minimum absolute atomic E-state index is 0.113. The van der Waals surface area contributed by atoms with Gasteiger partial charge in [-0.05, 0) is 24.6 Å². The number of amidine groups is 1. The molecule has 0 aliphatic rings. The molecule has 0 bridgehead atoms. The van der Waals surface area contributed by atoms with Crippen LogP contribution < -0.4 is 5.32 Å². The zero-order chi connectivity index (χ0) is 19.3. The largest absolute Gasteiger partial charge is 0.416 e. The van der Waals surface area contributed by atoms with Gasteiger partial charge in [0.15, 0.2) is 6.29 Å². The molecule has 0 aliphatic heterocycles. The third kappa shape index (κ3) is 4.48. The first-order chi connectivity index (χ1) is 12.3. The first-order valence-electron chi connectivity index (χ1n) is 7.85. The van der Waals surface area contributed by atoms with Crippen molar-refractivity contribution in [2.75, 3.05) is 13.7 Å². The molecule has 2 N–H and O–H groups in total. The molecule has 140 valence electrons. The molecule has 2 rings (SSSR count). The Morgan fingerprint density at radius 3 is 2.50 bits per heavy atom. The van der Waals surface area contributed by atoms with Crippen molar-refractivity contribution in [2.45, 2.75) is 26.1 Å². The first kappa shape index (κ1) is 19.6. The van der Waals surface area contributed by atoms with E-state index in [1.165, 1.54) is 16.8 Å². The van der Waals surface area contributed by atoms with Gasteiger partial charge in [-0.15, -0.1) is 0 Å². The van der Waals surface area contributed by atoms with Crippen LogP contribution in [0.5, 0.6) is 0 Å². The maximum Gasteiger partial charge on any atom is 0.416 e. The Morgan fingerprint density at radius 1 is 1.35 bits per heavy atom. The molecule has 0 radical (unpaired) electrons. The van der Waals surface area contributed by atoms with Crippen LogP contribution >= 0.6 is 0 Å². The highest BCUT2D eigenvalue weighted by atomic mass is 19.4. The number of benzene rings is 1. The smallest absolute Gasteiger partial charge is 0.394 e. The Bertz CT molecular complexity index is 796. The van der Waals surface area contributed by atoms with E-state index in [-0.39, 0.29) is 25.3 Å². The van der Waals surface area contributed by atoms with E-state index in [1.807, 2.05) is 0 Å². The number of aldehydes is 1. The van der Waals surface area contributed by atoms with Crippen molar-refractivity contribution >= 4 is 17.8 Å². The highest BCUT2D eigenvalue weighted by Gasteiger charge is 2.30. The van der Waals surface area contributed by atoms with Gasteiger partial charge >= 0.3 is 6.18 Å². The van der Waals surface area contributed by atoms with Crippen LogP contribution in [0.25, 0.3) is 0 Å². The molecular formula is C17H19F3N4O2. The first-order valence-corrected chi connectivity index (χ1v) is 7.85. The van der Waals surface area contributed by atoms with Crippen LogP contribution in [0.15, 0.2) is 29.3 Å². The summed E-state index contributed by atoms with van der Waals surface area (Å²) in [7, 11) is 1.67. The minimum Gasteiger partial charge on any atom is -0.394 e. The Morgan fingerprint density at radius 2 is 2.00 bits per heavy atom. The Kier molecular flexibility index (Phi) is 6.14. The second-order valence-electron chi connectivity index (χ2n) is 5.56. The Hall–Kier alpha value is -2.68. The SMILES string of the molecule is CN/C(C)=N\c1c(Cc2ccc(C(F)(F)F)cc2)nn(CCO)c1C=O. The number of aromatic nitrogens is 2. The van der Waals surface area contributed by atoms with Crippen molar-refractivity contribution in [1.29, 1.82) is 0 Å². The van der Waals surface area contributed by atoms with Gasteiger partial charge in [0.05, 0.1) is 30.2 Å². The summed E-state index contributed by atoms with van der Waals surface area (Å²) >= 11 is 0. The zero-order valence-corrected chi connectivity index (χ0v) is 14.3. The number of nitrogens with one attached hydrogen (secondary N) is 1. The van der Waals surface area contributed by atoms with Crippen LogP contribution in [-0.2, 0) is 19.1 Å². The lowest BCUT2D eigenvalue weighted by atomic mass is 10.1. The summed E-state index contributed by atoms with van der Waals surface area (Å²) < 4.78 is 39.4. The standard InChI is InChI=1S/C17H19F3N4O2/c1-11(21-2)22-16-14(23-24(7-8-25)15(16)10-26)9-12-3-5-13(6-4-12)17(18,19)20/h3-6,10,25H,7-9H2,1-2H3,(H,21,22). The van der Waals surface area contributed by atoms with Crippen molar-refractivity contribution < 1.29 is 23.1 Å². The van der Waals surface area contributed by atoms with Crippen molar-refractivity contribution in [3.8, 4) is 0 Å². The number of carbonyl (C=O) groups is 1. The van der Waals surface area contributed by atoms with E-state index in [1.54, 1.807) is 14.0 Å². The number of alkyl halides is 3. The second-order valence-corrected chi connectivity index (χ2v) is 5.56. The van der Waals surface area contributed by atoms with E-state index in [0.717, 1.165) is 12.1 Å². The van der Waals surface area contributed by atoms with Crippen LogP contribution in [0.1, 0.15) is 34.2 Å². The van der Waals surface area contributed by atoms with Gasteiger partial charge in [0.1, 0.15) is 11.4 Å². The molecule has 6 nitrogen and oxygen atoms in total. The number of hydrogen-bond acceptors (Lipinski definition) is 4. The lowest BCUT2D eigenvalue weighted by Crippen LogP contribution is -2.13. The summed E-state index contributed by atoms with van der Waals surface area (Å²) in [5.74, 6) is 0.547. The lowest BCUT2D eigenvalue weighted by molar-refractivity contribution is -0.137. The number of hydrogen-bond donors (Lipinski definition) is 2. The molecule has 1 aromatic heterocycles. The third-order valence-electron chi connectivity index (χ3n) is 3.75. The number of aliphatic hydroxyl groups excluding tert-OH is 1. The molecule has 0 unspecified atom stereocenters. The molecule has 26 heavy (non-hydrogen) atoms. The van der Waals surface area contributed by atoms with Gasteiger partial charge in [0.25, 0.3) is 0 Å². The second kappa shape index (κ2) is 8.13. The number of halogens is 3. The normalized spacial score (nSPS) is 12.3. The number of carbonyl (C=O) groups excluding carboxylic acids is 1. The zero-order valence-electron chi connectivity index (χ0n) is 14.3. The fourth-order valence-electron chi connectivity index (χ4n) is 2.37. The Labute approximate surface area is 148 Å². The topological polar surface area (TPSA) is 79.5 Å². The molecular weight excluding hydrogens is 349 g/mol. The molecule has 0 spiro atoms. The Balaban J connectivity index is 2.43. The van der Waals surface area contributed by atoms with Crippen LogP contribution in [0.3, 0.4) is 0 Å². The van der Waals surface area contributed by atoms with Crippen molar-refractivity contribution in [3.63, 3.8) is 0 Å². The summed E-state index contributed by atoms with van der Waals surface area (Å²) in [4.78, 5) is 15.8. The number of rotatable bonds is 6. The van der Waals surface area contributed by atoms with E-state index in [0.29, 0.717) is 29.1 Å². The van der Waals surface area contributed by atoms with E-state index in [4.69, 9.17) is 5.11 Å². The predicted octanol–water partition coefficient (Wildman–Crippen LogP) is 2.57. The molecule has 0 aliphatic carbocycles. The van der Waals surface area contributed by atoms with Crippen molar-refractivity contribution in [2.24, 2.45) is 4.99 Å². The van der Waals surface area contributed by atoms with Gasteiger partial charge in [-0.25, -0.2) is 4.99 Å². The highest BCUT2D eigenvalue weighted by molar-refractivity contribution is 5.88.